The van der Waals surface area contributed by atoms with Gasteiger partial charge in [-0.2, -0.15) is 5.26 Å². The van der Waals surface area contributed by atoms with E-state index in [1.54, 1.807) is 24.3 Å². The molecule has 38 heavy (non-hydrogen) atoms. The quantitative estimate of drug-likeness (QED) is 0.392. The predicted molar refractivity (Wildman–Crippen MR) is 142 cm³/mol. The summed E-state index contributed by atoms with van der Waals surface area (Å²) < 4.78 is 5.80. The van der Waals surface area contributed by atoms with E-state index in [1.807, 2.05) is 36.4 Å². The summed E-state index contributed by atoms with van der Waals surface area (Å²) in [5.74, 6) is -0.899. The molecule has 2 atom stereocenters. The highest BCUT2D eigenvalue weighted by Crippen LogP contribution is 2.32. The van der Waals surface area contributed by atoms with Gasteiger partial charge in [0.2, 0.25) is 17.7 Å². The first kappa shape index (κ1) is 28.3. The van der Waals surface area contributed by atoms with Gasteiger partial charge in [-0.05, 0) is 50.1 Å². The summed E-state index contributed by atoms with van der Waals surface area (Å²) in [6.07, 6.45) is 0.468. The van der Waals surface area contributed by atoms with Crippen LogP contribution in [0.1, 0.15) is 31.4 Å². The van der Waals surface area contributed by atoms with Gasteiger partial charge in [-0.1, -0.05) is 30.3 Å². The van der Waals surface area contributed by atoms with Crippen LogP contribution in [0.2, 0.25) is 0 Å². The van der Waals surface area contributed by atoms with E-state index in [9.17, 15) is 14.4 Å². The van der Waals surface area contributed by atoms with Crippen LogP contribution in [-0.2, 0) is 20.8 Å². The summed E-state index contributed by atoms with van der Waals surface area (Å²) in [7, 11) is 1.51. The molecule has 0 saturated carbocycles. The highest BCUT2D eigenvalue weighted by atomic mass is 16.5. The predicted octanol–water partition coefficient (Wildman–Crippen LogP) is 1.39. The second-order valence-electron chi connectivity index (χ2n) is 10.0. The summed E-state index contributed by atoms with van der Waals surface area (Å²) in [6.45, 7) is 3.08. The third-order valence-corrected chi connectivity index (χ3v) is 6.58. The molecule has 1 aliphatic heterocycles. The van der Waals surface area contributed by atoms with Gasteiger partial charge in [0, 0.05) is 32.3 Å². The second-order valence-corrected chi connectivity index (χ2v) is 10.0. The van der Waals surface area contributed by atoms with Crippen LogP contribution in [0.3, 0.4) is 0 Å². The van der Waals surface area contributed by atoms with Crippen molar-refractivity contribution in [2.75, 3.05) is 26.7 Å². The molecule has 3 rings (SSSR count). The highest BCUT2D eigenvalue weighted by Gasteiger charge is 2.48. The minimum atomic E-state index is -1.25. The molecule has 0 radical (unpaired) electrons. The number of hydrogen-bond acceptors (Lipinski definition) is 7. The zero-order valence-corrected chi connectivity index (χ0v) is 21.9. The maximum absolute atomic E-state index is 13.8. The number of rotatable bonds is 9. The van der Waals surface area contributed by atoms with Gasteiger partial charge in [-0.25, -0.2) is 0 Å². The van der Waals surface area contributed by atoms with Crippen molar-refractivity contribution in [2.45, 2.75) is 38.3 Å². The zero-order chi connectivity index (χ0) is 27.9. The molecule has 2 aromatic carbocycles. The van der Waals surface area contributed by atoms with Crippen molar-refractivity contribution in [1.29, 1.82) is 10.7 Å². The summed E-state index contributed by atoms with van der Waals surface area (Å²) in [6, 6.07) is 16.7. The molecule has 1 heterocycles. The molecule has 10 nitrogen and oxygen atoms in total. The maximum atomic E-state index is 13.8. The lowest BCUT2D eigenvalue weighted by Gasteiger charge is -2.43. The summed E-state index contributed by atoms with van der Waals surface area (Å²) in [5, 5.41) is 23.1. The lowest BCUT2D eigenvalue weighted by molar-refractivity contribution is -0.141. The normalized spacial score (nSPS) is 18.2. The number of nitriles is 1. The minimum Gasteiger partial charge on any atom is -0.491 e. The average molecular weight is 519 g/mol. The van der Waals surface area contributed by atoms with E-state index in [0.29, 0.717) is 11.3 Å². The number of benzene rings is 2. The number of carbonyl (C=O) groups is 3. The Hall–Kier alpha value is -4.23. The van der Waals surface area contributed by atoms with Crippen molar-refractivity contribution >= 4 is 23.4 Å². The first-order valence-corrected chi connectivity index (χ1v) is 12.4. The fourth-order valence-corrected chi connectivity index (χ4v) is 4.35. The summed E-state index contributed by atoms with van der Waals surface area (Å²) in [5.41, 5.74) is 5.05. The van der Waals surface area contributed by atoms with Gasteiger partial charge in [0.25, 0.3) is 0 Å². The number of carbonyl (C=O) groups excluding carboxylic acids is 3. The number of nitrogens with one attached hydrogen (secondary N) is 3. The Morgan fingerprint density at radius 2 is 1.84 bits per heavy atom. The average Bonchev–Trinajstić information content (AvgIpc) is 2.91. The van der Waals surface area contributed by atoms with Crippen molar-refractivity contribution in [3.8, 4) is 11.8 Å². The van der Waals surface area contributed by atoms with E-state index in [-0.39, 0.29) is 44.2 Å². The lowest BCUT2D eigenvalue weighted by Crippen LogP contribution is -2.63. The largest absolute Gasteiger partial charge is 0.491 e. The third kappa shape index (κ3) is 6.55. The fourth-order valence-electron chi connectivity index (χ4n) is 4.35. The van der Waals surface area contributed by atoms with E-state index >= 15 is 0 Å². The van der Waals surface area contributed by atoms with Crippen LogP contribution < -0.4 is 21.1 Å². The molecule has 3 amide bonds. The molecule has 200 valence electrons. The number of piperidine rings is 1. The van der Waals surface area contributed by atoms with Crippen molar-refractivity contribution in [1.82, 2.24) is 15.5 Å². The molecule has 10 heteroatoms. The molecule has 1 saturated heterocycles. The first-order chi connectivity index (χ1) is 18.0. The van der Waals surface area contributed by atoms with E-state index in [1.165, 1.54) is 25.8 Å². The van der Waals surface area contributed by atoms with Gasteiger partial charge < -0.3 is 31.4 Å². The van der Waals surface area contributed by atoms with Crippen molar-refractivity contribution in [3.63, 3.8) is 0 Å². The zero-order valence-electron chi connectivity index (χ0n) is 21.9. The number of hydrogen-bond donors (Lipinski definition) is 4. The van der Waals surface area contributed by atoms with Crippen molar-refractivity contribution in [2.24, 2.45) is 11.1 Å². The summed E-state index contributed by atoms with van der Waals surface area (Å²) in [4.78, 5) is 41.2. The van der Waals surface area contributed by atoms with Gasteiger partial charge >= 0.3 is 0 Å². The molecule has 0 spiro atoms. The van der Waals surface area contributed by atoms with Crippen LogP contribution in [0.25, 0.3) is 0 Å². The summed E-state index contributed by atoms with van der Waals surface area (Å²) >= 11 is 0. The van der Waals surface area contributed by atoms with Crippen molar-refractivity contribution in [3.05, 3.63) is 65.7 Å². The molecular formula is C28H34N6O4. The standard InChI is InChI=1S/C28H34N6O4/c1-27(2,31)25(36)33-22(17-38-21-11-9-20(16-29)10-12-21)24(35)34-14-13-23(30)28(18-34,26(37)32-3)15-19-7-5-4-6-8-19/h4-12,22,30H,13-15,17-18,31H2,1-3H3,(H,32,37)(H,33,36)/t22-,28-/m1/s1. The number of amides is 3. The van der Waals surface area contributed by atoms with Gasteiger partial charge in [-0.3, -0.25) is 14.4 Å². The van der Waals surface area contributed by atoms with Gasteiger partial charge in [-0.15, -0.1) is 0 Å². The number of likely N-dealkylation sites (tertiary alicyclic amines) is 1. The Labute approximate surface area is 222 Å². The second kappa shape index (κ2) is 11.9. The Morgan fingerprint density at radius 3 is 2.42 bits per heavy atom. The topological polar surface area (TPSA) is 161 Å². The molecule has 1 aliphatic rings. The van der Waals surface area contributed by atoms with E-state index < -0.39 is 28.8 Å². The van der Waals surface area contributed by atoms with Gasteiger partial charge in [0.15, 0.2) is 0 Å². The SMILES string of the molecule is CNC(=O)[C@]1(Cc2ccccc2)CN(C(=O)[C@@H](COc2ccc(C#N)cc2)NC(=O)C(C)(C)N)CCC1=N. The monoisotopic (exact) mass is 518 g/mol. The smallest absolute Gasteiger partial charge is 0.248 e. The van der Waals surface area contributed by atoms with E-state index in [2.05, 4.69) is 10.6 Å². The van der Waals surface area contributed by atoms with Crippen LogP contribution in [0.15, 0.2) is 54.6 Å². The van der Waals surface area contributed by atoms with Gasteiger partial charge in [0.05, 0.1) is 17.2 Å². The van der Waals surface area contributed by atoms with E-state index in [0.717, 1.165) is 5.56 Å². The lowest BCUT2D eigenvalue weighted by atomic mass is 9.72. The Bertz CT molecular complexity index is 1210. The third-order valence-electron chi connectivity index (χ3n) is 6.58. The van der Waals surface area contributed by atoms with E-state index in [4.69, 9.17) is 21.1 Å². The van der Waals surface area contributed by atoms with Crippen LogP contribution in [0, 0.1) is 22.2 Å². The molecule has 5 N–H and O–H groups in total. The molecule has 0 aromatic heterocycles. The van der Waals surface area contributed by atoms with Crippen molar-refractivity contribution < 1.29 is 19.1 Å². The molecule has 0 aliphatic carbocycles. The molecule has 1 fully saturated rings. The Balaban J connectivity index is 1.87. The fraction of sp³-hybridized carbons (Fsp3) is 0.393. The van der Waals surface area contributed by atoms with Crippen LogP contribution in [0.4, 0.5) is 0 Å². The number of nitrogens with two attached hydrogens (primary N) is 1. The number of nitrogens with zero attached hydrogens (tertiary/aromatic N) is 2. The van der Waals surface area contributed by atoms with Crippen LogP contribution in [-0.4, -0.2) is 66.7 Å². The number of ether oxygens (including phenoxy) is 1. The maximum Gasteiger partial charge on any atom is 0.248 e. The molecule has 2 aromatic rings. The van der Waals surface area contributed by atoms with Crippen LogP contribution in [0.5, 0.6) is 5.75 Å². The minimum absolute atomic E-state index is 0.0194. The molecule has 0 unspecified atom stereocenters. The van der Waals surface area contributed by atoms with Gasteiger partial charge in [0.1, 0.15) is 23.8 Å². The molecule has 0 bridgehead atoms. The Kier molecular flexibility index (Phi) is 8.86. The highest BCUT2D eigenvalue weighted by molar-refractivity contribution is 6.09. The molecular weight excluding hydrogens is 484 g/mol. The first-order valence-electron chi connectivity index (χ1n) is 12.4. The van der Waals surface area contributed by atoms with Crippen LogP contribution >= 0.6 is 0 Å². The Morgan fingerprint density at radius 1 is 1.18 bits per heavy atom.